The highest BCUT2D eigenvalue weighted by molar-refractivity contribution is 6.17. The molecule has 4 nitrogen and oxygen atoms in total. The molecule has 1 aliphatic heterocycles. The van der Waals surface area contributed by atoms with Gasteiger partial charge < -0.3 is 4.74 Å². The number of hydrogen-bond donors (Lipinski definition) is 1. The topological polar surface area (TPSA) is 46.5 Å². The highest BCUT2D eigenvalue weighted by Crippen LogP contribution is 2.21. The van der Waals surface area contributed by atoms with E-state index < -0.39 is 0 Å². The van der Waals surface area contributed by atoms with E-state index in [0.29, 0.717) is 25.6 Å². The monoisotopic (exact) mass is 393 g/mol. The van der Waals surface area contributed by atoms with Gasteiger partial charge in [0.25, 0.3) is 0 Å². The smallest absolute Gasteiger partial charge is 0.127 e. The fourth-order valence-corrected chi connectivity index (χ4v) is 3.14. The van der Waals surface area contributed by atoms with Gasteiger partial charge in [-0.15, -0.1) is 24.0 Å². The van der Waals surface area contributed by atoms with Crippen LogP contribution >= 0.6 is 24.0 Å². The zero-order chi connectivity index (χ0) is 17.5. The van der Waals surface area contributed by atoms with E-state index in [2.05, 4.69) is 23.3 Å². The largest absolute Gasteiger partial charge is 0.495 e. The molecule has 0 fully saturated rings. The Morgan fingerprint density at radius 3 is 2.73 bits per heavy atom. The van der Waals surface area contributed by atoms with Crippen molar-refractivity contribution in [1.82, 2.24) is 10.3 Å². The Bertz CT molecular complexity index is 813. The van der Waals surface area contributed by atoms with Gasteiger partial charge in [-0.3, -0.25) is 15.3 Å². The quantitative estimate of drug-likeness (QED) is 0.553. The Hall–Kier alpha value is -1.62. The average Bonchev–Trinajstić information content (AvgIpc) is 2.66. The second-order valence-electron chi connectivity index (χ2n) is 6.41. The SMILES string of the molecule is CC1(NCc2ccccn2)CN=c2ccccc2=C1OCCCCCl.Cl. The molecule has 1 unspecified atom stereocenters. The molecule has 1 N–H and O–H groups in total. The molecule has 0 bridgehead atoms. The lowest BCUT2D eigenvalue weighted by atomic mass is 9.94. The summed E-state index contributed by atoms with van der Waals surface area (Å²) in [6.45, 7) is 4.12. The zero-order valence-corrected chi connectivity index (χ0v) is 16.5. The van der Waals surface area contributed by atoms with Gasteiger partial charge in [-0.2, -0.15) is 0 Å². The highest BCUT2D eigenvalue weighted by atomic mass is 35.5. The van der Waals surface area contributed by atoms with Crippen LogP contribution in [0.25, 0.3) is 5.76 Å². The second kappa shape index (κ2) is 9.91. The third kappa shape index (κ3) is 4.97. The van der Waals surface area contributed by atoms with Crippen molar-refractivity contribution in [2.24, 2.45) is 4.99 Å². The van der Waals surface area contributed by atoms with Crippen LogP contribution < -0.4 is 15.9 Å². The minimum atomic E-state index is -0.354. The van der Waals surface area contributed by atoms with Crippen molar-refractivity contribution in [2.75, 3.05) is 19.0 Å². The summed E-state index contributed by atoms with van der Waals surface area (Å²) in [5.74, 6) is 1.63. The molecule has 1 aromatic carbocycles. The molecule has 0 spiro atoms. The van der Waals surface area contributed by atoms with Crippen molar-refractivity contribution >= 4 is 29.8 Å². The molecule has 6 heteroatoms. The minimum absolute atomic E-state index is 0. The van der Waals surface area contributed by atoms with Crippen LogP contribution in [0.4, 0.5) is 0 Å². The third-order valence-electron chi connectivity index (χ3n) is 4.38. The maximum atomic E-state index is 6.23. The molecule has 2 aromatic rings. The van der Waals surface area contributed by atoms with Gasteiger partial charge in [0.05, 0.1) is 29.7 Å². The van der Waals surface area contributed by atoms with Gasteiger partial charge in [-0.1, -0.05) is 18.2 Å². The minimum Gasteiger partial charge on any atom is -0.495 e. The lowest BCUT2D eigenvalue weighted by Gasteiger charge is -2.34. The summed E-state index contributed by atoms with van der Waals surface area (Å²) in [5, 5.41) is 5.66. The van der Waals surface area contributed by atoms with E-state index in [9.17, 15) is 0 Å². The summed E-state index contributed by atoms with van der Waals surface area (Å²) in [6, 6.07) is 14.1. The van der Waals surface area contributed by atoms with Crippen LogP contribution in [-0.2, 0) is 11.3 Å². The van der Waals surface area contributed by atoms with Crippen molar-refractivity contribution < 1.29 is 4.74 Å². The number of nitrogens with zero attached hydrogens (tertiary/aromatic N) is 2. The fraction of sp³-hybridized carbons (Fsp3) is 0.400. The van der Waals surface area contributed by atoms with Crippen molar-refractivity contribution in [3.05, 3.63) is 64.9 Å². The summed E-state index contributed by atoms with van der Waals surface area (Å²) < 4.78 is 6.23. The maximum absolute atomic E-state index is 6.23. The average molecular weight is 394 g/mol. The molecule has 0 saturated carbocycles. The summed E-state index contributed by atoms with van der Waals surface area (Å²) in [5.41, 5.74) is 0.649. The number of para-hydroxylation sites is 1. The van der Waals surface area contributed by atoms with Gasteiger partial charge in [-0.25, -0.2) is 0 Å². The van der Waals surface area contributed by atoms with E-state index in [1.54, 1.807) is 0 Å². The number of halogens is 2. The predicted molar refractivity (Wildman–Crippen MR) is 108 cm³/mol. The molecule has 0 amide bonds. The molecule has 1 aromatic heterocycles. The predicted octanol–water partition coefficient (Wildman–Crippen LogP) is 2.83. The molecule has 0 aliphatic carbocycles. The fourth-order valence-electron chi connectivity index (χ4n) is 2.95. The maximum Gasteiger partial charge on any atom is 0.127 e. The molecule has 1 atom stereocenters. The van der Waals surface area contributed by atoms with Gasteiger partial charge in [0, 0.05) is 23.8 Å². The van der Waals surface area contributed by atoms with Crippen molar-refractivity contribution in [3.63, 3.8) is 0 Å². The number of alkyl halides is 1. The van der Waals surface area contributed by atoms with Gasteiger partial charge in [-0.05, 0) is 44.0 Å². The van der Waals surface area contributed by atoms with Crippen LogP contribution in [0.15, 0.2) is 53.7 Å². The first kappa shape index (κ1) is 20.7. The van der Waals surface area contributed by atoms with Crippen LogP contribution in [0, 0.1) is 0 Å². The van der Waals surface area contributed by atoms with E-state index in [1.165, 1.54) is 0 Å². The Morgan fingerprint density at radius 2 is 1.96 bits per heavy atom. The normalized spacial score (nSPS) is 18.5. The number of benzene rings is 1. The van der Waals surface area contributed by atoms with Crippen molar-refractivity contribution in [2.45, 2.75) is 31.8 Å². The highest BCUT2D eigenvalue weighted by Gasteiger charge is 2.33. The molecule has 26 heavy (non-hydrogen) atoms. The molecule has 2 heterocycles. The first-order valence-corrected chi connectivity index (χ1v) is 9.24. The van der Waals surface area contributed by atoms with Gasteiger partial charge in [0.2, 0.25) is 0 Å². The van der Waals surface area contributed by atoms with E-state index in [-0.39, 0.29) is 17.9 Å². The Balaban J connectivity index is 0.00000243. The standard InChI is InChI=1S/C20H24ClN3O.ClH/c1-20(24-14-16-8-4-6-12-22-16)15-23-18-10-3-2-9-17(18)19(20)25-13-7-5-11-21;/h2-4,6,8-10,12,24H,5,7,11,13-15H2,1H3;1H. The molecule has 140 valence electrons. The molecular weight excluding hydrogens is 369 g/mol. The van der Waals surface area contributed by atoms with Crippen LogP contribution in [-0.4, -0.2) is 29.6 Å². The zero-order valence-electron chi connectivity index (χ0n) is 15.0. The number of rotatable bonds is 8. The number of hydrogen-bond acceptors (Lipinski definition) is 4. The van der Waals surface area contributed by atoms with Crippen LogP contribution in [0.2, 0.25) is 0 Å². The van der Waals surface area contributed by atoms with Gasteiger partial charge in [0.15, 0.2) is 0 Å². The lowest BCUT2D eigenvalue weighted by molar-refractivity contribution is 0.213. The number of nitrogens with one attached hydrogen (secondary N) is 1. The Morgan fingerprint density at radius 1 is 1.15 bits per heavy atom. The molecule has 0 saturated heterocycles. The summed E-state index contributed by atoms with van der Waals surface area (Å²) >= 11 is 5.78. The van der Waals surface area contributed by atoms with Gasteiger partial charge in [0.1, 0.15) is 5.76 Å². The summed E-state index contributed by atoms with van der Waals surface area (Å²) in [6.07, 6.45) is 3.72. The lowest BCUT2D eigenvalue weighted by Crippen LogP contribution is -2.53. The van der Waals surface area contributed by atoms with E-state index in [1.807, 2.05) is 42.6 Å². The number of ether oxygens (including phenoxy) is 1. The van der Waals surface area contributed by atoms with E-state index >= 15 is 0 Å². The van der Waals surface area contributed by atoms with Crippen molar-refractivity contribution in [3.8, 4) is 0 Å². The third-order valence-corrected chi connectivity index (χ3v) is 4.64. The summed E-state index contributed by atoms with van der Waals surface area (Å²) in [7, 11) is 0. The first-order chi connectivity index (χ1) is 12.2. The number of aromatic nitrogens is 1. The number of pyridine rings is 1. The second-order valence-corrected chi connectivity index (χ2v) is 6.79. The molecular formula is C20H25Cl2N3O. The Kier molecular flexibility index (Phi) is 7.88. The number of fused-ring (bicyclic) bond motifs is 1. The Labute approximate surface area is 165 Å². The van der Waals surface area contributed by atoms with Crippen molar-refractivity contribution in [1.29, 1.82) is 0 Å². The number of unbranched alkanes of at least 4 members (excludes halogenated alkanes) is 1. The van der Waals surface area contributed by atoms with Crippen LogP contribution in [0.1, 0.15) is 25.5 Å². The first-order valence-electron chi connectivity index (χ1n) is 8.71. The van der Waals surface area contributed by atoms with Gasteiger partial charge >= 0.3 is 0 Å². The summed E-state index contributed by atoms with van der Waals surface area (Å²) in [4.78, 5) is 9.14. The molecule has 0 radical (unpaired) electrons. The molecule has 1 aliphatic rings. The van der Waals surface area contributed by atoms with Crippen LogP contribution in [0.5, 0.6) is 0 Å². The van der Waals surface area contributed by atoms with Crippen LogP contribution in [0.3, 0.4) is 0 Å². The molecule has 3 rings (SSSR count). The van der Waals surface area contributed by atoms with E-state index in [0.717, 1.165) is 34.9 Å². The van der Waals surface area contributed by atoms with E-state index in [4.69, 9.17) is 21.3 Å².